The predicted molar refractivity (Wildman–Crippen MR) is 52.6 cm³/mol. The number of aliphatic hydroxyl groups is 1. The van der Waals surface area contributed by atoms with E-state index in [9.17, 15) is 5.11 Å². The van der Waals surface area contributed by atoms with Gasteiger partial charge in [-0.2, -0.15) is 0 Å². The van der Waals surface area contributed by atoms with Crippen LogP contribution in [0.5, 0.6) is 5.75 Å². The first-order chi connectivity index (χ1) is 5.97. The molecule has 0 spiro atoms. The lowest BCUT2D eigenvalue weighted by Gasteiger charge is -2.22. The summed E-state index contributed by atoms with van der Waals surface area (Å²) in [7, 11) is 0. The van der Waals surface area contributed by atoms with Crippen LogP contribution >= 0.6 is 0 Å². The maximum Gasteiger partial charge on any atom is 0.138 e. The number of aromatic hydroxyl groups is 1. The number of nitrogens with two attached hydrogens (primary N) is 1. The number of nitrogen functional groups attached to an aromatic ring is 1. The van der Waals surface area contributed by atoms with Gasteiger partial charge in [0, 0.05) is 5.41 Å². The molecule has 0 fully saturated rings. The van der Waals surface area contributed by atoms with E-state index < -0.39 is 0 Å². The quantitative estimate of drug-likeness (QED) is 0.475. The van der Waals surface area contributed by atoms with E-state index in [1.165, 1.54) is 0 Å². The molecule has 0 saturated heterocycles. The first-order valence-electron chi connectivity index (χ1n) is 4.17. The number of rotatable bonds is 2. The fraction of sp³-hybridized carbons (Fsp3) is 0.400. The Morgan fingerprint density at radius 2 is 2.00 bits per heavy atom. The number of benzene rings is 1. The molecule has 72 valence electrons. The zero-order valence-electron chi connectivity index (χ0n) is 7.91. The molecule has 3 nitrogen and oxygen atoms in total. The van der Waals surface area contributed by atoms with Crippen LogP contribution in [0.3, 0.4) is 0 Å². The number of hydrogen-bond donors (Lipinski definition) is 3. The largest absolute Gasteiger partial charge is 0.506 e. The van der Waals surface area contributed by atoms with E-state index in [0.29, 0.717) is 5.69 Å². The van der Waals surface area contributed by atoms with Gasteiger partial charge in [-0.25, -0.2) is 0 Å². The summed E-state index contributed by atoms with van der Waals surface area (Å²) < 4.78 is 0. The van der Waals surface area contributed by atoms with Crippen molar-refractivity contribution in [2.75, 3.05) is 12.3 Å². The zero-order chi connectivity index (χ0) is 10.1. The smallest absolute Gasteiger partial charge is 0.138 e. The van der Waals surface area contributed by atoms with Gasteiger partial charge >= 0.3 is 0 Å². The number of phenols is 1. The van der Waals surface area contributed by atoms with Crippen LogP contribution in [0.25, 0.3) is 0 Å². The van der Waals surface area contributed by atoms with Crippen LogP contribution in [0.1, 0.15) is 19.4 Å². The molecule has 13 heavy (non-hydrogen) atoms. The molecule has 0 aliphatic heterocycles. The normalized spacial score (nSPS) is 11.6. The molecule has 0 radical (unpaired) electrons. The van der Waals surface area contributed by atoms with Gasteiger partial charge in [0.1, 0.15) is 5.75 Å². The monoisotopic (exact) mass is 181 g/mol. The highest BCUT2D eigenvalue weighted by molar-refractivity contribution is 5.54. The standard InChI is InChI=1S/C10H15NO2/c1-10(2,6-12)7-3-4-9(13)8(11)5-7/h3-5,12-13H,6,11H2,1-2H3. The number of anilines is 1. The van der Waals surface area contributed by atoms with Gasteiger partial charge in [0.2, 0.25) is 0 Å². The van der Waals surface area contributed by atoms with Gasteiger partial charge in [-0.3, -0.25) is 0 Å². The first kappa shape index (κ1) is 9.86. The molecular formula is C10H15NO2. The molecule has 0 bridgehead atoms. The Labute approximate surface area is 77.8 Å². The Balaban J connectivity index is 3.10. The molecule has 4 N–H and O–H groups in total. The summed E-state index contributed by atoms with van der Waals surface area (Å²) in [6, 6.07) is 5.00. The Hall–Kier alpha value is -1.22. The molecule has 0 saturated carbocycles. The highest BCUT2D eigenvalue weighted by Gasteiger charge is 2.19. The number of hydrogen-bond acceptors (Lipinski definition) is 3. The lowest BCUT2D eigenvalue weighted by atomic mass is 9.85. The summed E-state index contributed by atoms with van der Waals surface area (Å²) in [5, 5.41) is 18.3. The van der Waals surface area contributed by atoms with Crippen LogP contribution in [0, 0.1) is 0 Å². The molecule has 0 atom stereocenters. The second-order valence-electron chi connectivity index (χ2n) is 3.82. The summed E-state index contributed by atoms with van der Waals surface area (Å²) in [6.07, 6.45) is 0. The first-order valence-corrected chi connectivity index (χ1v) is 4.17. The second kappa shape index (κ2) is 3.26. The predicted octanol–water partition coefficient (Wildman–Crippen LogP) is 1.24. The van der Waals surface area contributed by atoms with E-state index in [0.717, 1.165) is 5.56 Å². The van der Waals surface area contributed by atoms with Crippen molar-refractivity contribution in [1.29, 1.82) is 0 Å². The fourth-order valence-electron chi connectivity index (χ4n) is 1.07. The molecule has 0 aliphatic carbocycles. The Morgan fingerprint density at radius 3 is 2.46 bits per heavy atom. The minimum Gasteiger partial charge on any atom is -0.506 e. The van der Waals surface area contributed by atoms with Crippen LogP contribution < -0.4 is 5.73 Å². The van der Waals surface area contributed by atoms with Crippen molar-refractivity contribution in [1.82, 2.24) is 0 Å². The zero-order valence-corrected chi connectivity index (χ0v) is 7.91. The summed E-state index contributed by atoms with van der Waals surface area (Å²) >= 11 is 0. The lowest BCUT2D eigenvalue weighted by Crippen LogP contribution is -2.22. The van der Waals surface area contributed by atoms with Crippen molar-refractivity contribution >= 4 is 5.69 Å². The van der Waals surface area contributed by atoms with Crippen LogP contribution in [0.4, 0.5) is 5.69 Å². The summed E-state index contributed by atoms with van der Waals surface area (Å²) in [4.78, 5) is 0. The van der Waals surface area contributed by atoms with E-state index >= 15 is 0 Å². The highest BCUT2D eigenvalue weighted by atomic mass is 16.3. The molecular weight excluding hydrogens is 166 g/mol. The second-order valence-corrected chi connectivity index (χ2v) is 3.82. The fourth-order valence-corrected chi connectivity index (χ4v) is 1.07. The minimum atomic E-state index is -0.318. The number of aliphatic hydroxyl groups excluding tert-OH is 1. The van der Waals surface area contributed by atoms with E-state index in [1.807, 2.05) is 13.8 Å². The lowest BCUT2D eigenvalue weighted by molar-refractivity contribution is 0.218. The van der Waals surface area contributed by atoms with Gasteiger partial charge in [0.15, 0.2) is 0 Å². The summed E-state index contributed by atoms with van der Waals surface area (Å²) in [5.74, 6) is 0.0810. The minimum absolute atomic E-state index is 0.0528. The number of phenolic OH excluding ortho intramolecular Hbond substituents is 1. The van der Waals surface area contributed by atoms with E-state index in [4.69, 9.17) is 10.8 Å². The molecule has 0 aliphatic rings. The molecule has 0 unspecified atom stereocenters. The van der Waals surface area contributed by atoms with Gasteiger partial charge in [-0.05, 0) is 17.7 Å². The van der Waals surface area contributed by atoms with Crippen molar-refractivity contribution in [3.63, 3.8) is 0 Å². The molecule has 0 aromatic heterocycles. The maximum atomic E-state index is 9.19. The summed E-state index contributed by atoms with van der Waals surface area (Å²) in [5.41, 5.74) is 6.49. The van der Waals surface area contributed by atoms with Crippen LogP contribution in [-0.2, 0) is 5.41 Å². The van der Waals surface area contributed by atoms with E-state index in [-0.39, 0.29) is 17.8 Å². The Morgan fingerprint density at radius 1 is 1.38 bits per heavy atom. The van der Waals surface area contributed by atoms with Gasteiger partial charge in [0.05, 0.1) is 12.3 Å². The van der Waals surface area contributed by atoms with Crippen molar-refractivity contribution < 1.29 is 10.2 Å². The van der Waals surface area contributed by atoms with Crippen molar-refractivity contribution in [3.05, 3.63) is 23.8 Å². The molecule has 1 aromatic carbocycles. The third-order valence-corrected chi connectivity index (χ3v) is 2.20. The summed E-state index contributed by atoms with van der Waals surface area (Å²) in [6.45, 7) is 3.88. The average Bonchev–Trinajstić information content (AvgIpc) is 2.09. The Bertz CT molecular complexity index is 308. The van der Waals surface area contributed by atoms with Crippen LogP contribution in [0.2, 0.25) is 0 Å². The van der Waals surface area contributed by atoms with Gasteiger partial charge in [-0.1, -0.05) is 19.9 Å². The molecule has 0 heterocycles. The SMILES string of the molecule is CC(C)(CO)c1ccc(O)c(N)c1. The van der Waals surface area contributed by atoms with Gasteiger partial charge in [0.25, 0.3) is 0 Å². The molecule has 1 aromatic rings. The van der Waals surface area contributed by atoms with Crippen LogP contribution in [-0.4, -0.2) is 16.8 Å². The van der Waals surface area contributed by atoms with E-state index in [2.05, 4.69) is 0 Å². The Kier molecular flexibility index (Phi) is 2.48. The topological polar surface area (TPSA) is 66.5 Å². The van der Waals surface area contributed by atoms with Crippen molar-refractivity contribution in [2.45, 2.75) is 19.3 Å². The third-order valence-electron chi connectivity index (χ3n) is 2.20. The van der Waals surface area contributed by atoms with Gasteiger partial charge < -0.3 is 15.9 Å². The average molecular weight is 181 g/mol. The molecule has 3 heteroatoms. The van der Waals surface area contributed by atoms with Crippen molar-refractivity contribution in [2.24, 2.45) is 0 Å². The molecule has 0 amide bonds. The third kappa shape index (κ3) is 1.92. The van der Waals surface area contributed by atoms with E-state index in [1.54, 1.807) is 18.2 Å². The highest BCUT2D eigenvalue weighted by Crippen LogP contribution is 2.28. The maximum absolute atomic E-state index is 9.19. The van der Waals surface area contributed by atoms with Gasteiger partial charge in [-0.15, -0.1) is 0 Å². The van der Waals surface area contributed by atoms with Crippen molar-refractivity contribution in [3.8, 4) is 5.75 Å². The van der Waals surface area contributed by atoms with Crippen LogP contribution in [0.15, 0.2) is 18.2 Å². The molecule has 1 rings (SSSR count).